The third-order valence-electron chi connectivity index (χ3n) is 4.35. The molecule has 2 aromatic heterocycles. The van der Waals surface area contributed by atoms with E-state index in [9.17, 15) is 18.0 Å². The lowest BCUT2D eigenvalue weighted by atomic mass is 10.1. The van der Waals surface area contributed by atoms with Gasteiger partial charge in [-0.05, 0) is 38.5 Å². The highest BCUT2D eigenvalue weighted by molar-refractivity contribution is 7.99. The fourth-order valence-corrected chi connectivity index (χ4v) is 3.89. The number of alkyl halides is 3. The molecule has 3 rings (SSSR count). The average molecular weight is 408 g/mol. The van der Waals surface area contributed by atoms with Crippen molar-refractivity contribution in [3.63, 3.8) is 0 Å². The van der Waals surface area contributed by atoms with Crippen LogP contribution in [-0.2, 0) is 6.54 Å². The van der Waals surface area contributed by atoms with Crippen LogP contribution < -0.4 is 0 Å². The van der Waals surface area contributed by atoms with Crippen LogP contribution in [0, 0.1) is 20.8 Å². The number of hydrogen-bond donors (Lipinski definition) is 0. The zero-order valence-electron chi connectivity index (χ0n) is 15.6. The van der Waals surface area contributed by atoms with Crippen LogP contribution in [0.15, 0.2) is 41.8 Å². The molecule has 0 saturated heterocycles. The molecule has 1 aromatic carbocycles. The highest BCUT2D eigenvalue weighted by Crippen LogP contribution is 2.26. The molecule has 0 aliphatic carbocycles. The number of halogens is 3. The molecule has 0 unspecified atom stereocenters. The number of carbonyl (C=O) groups excluding carboxylic acids is 1. The molecule has 9 heteroatoms. The monoisotopic (exact) mass is 408 g/mol. The molecule has 0 radical (unpaired) electrons. The Morgan fingerprint density at radius 3 is 2.57 bits per heavy atom. The van der Waals surface area contributed by atoms with E-state index in [1.807, 2.05) is 55.7 Å². The first-order valence-electron chi connectivity index (χ1n) is 8.53. The Labute approximate surface area is 164 Å². The third kappa shape index (κ3) is 4.30. The summed E-state index contributed by atoms with van der Waals surface area (Å²) in [5.41, 5.74) is 4.34. The van der Waals surface area contributed by atoms with Gasteiger partial charge in [-0.3, -0.25) is 9.36 Å². The number of thioether (sulfide) groups is 1. The van der Waals surface area contributed by atoms with E-state index in [1.54, 1.807) is 0 Å². The lowest BCUT2D eigenvalue weighted by Gasteiger charge is -2.12. The molecule has 28 heavy (non-hydrogen) atoms. The second-order valence-electron chi connectivity index (χ2n) is 6.48. The molecule has 0 saturated carbocycles. The topological polar surface area (TPSA) is 52.7 Å². The van der Waals surface area contributed by atoms with Crippen molar-refractivity contribution in [2.45, 2.75) is 38.6 Å². The molecule has 0 fully saturated rings. The van der Waals surface area contributed by atoms with Gasteiger partial charge >= 0.3 is 6.18 Å². The van der Waals surface area contributed by atoms with Gasteiger partial charge in [0.25, 0.3) is 0 Å². The zero-order chi connectivity index (χ0) is 20.5. The highest BCUT2D eigenvalue weighted by atomic mass is 32.2. The van der Waals surface area contributed by atoms with Gasteiger partial charge in [-0.2, -0.15) is 13.2 Å². The number of para-hydroxylation sites is 1. The number of nitrogens with zero attached hydrogens (tertiary/aromatic N) is 4. The maximum atomic E-state index is 12.7. The number of hydrogen-bond acceptors (Lipinski definition) is 4. The molecule has 0 aliphatic heterocycles. The Hall–Kier alpha value is -2.55. The summed E-state index contributed by atoms with van der Waals surface area (Å²) in [6.07, 6.45) is -3.36. The largest absolute Gasteiger partial charge is 0.406 e. The Morgan fingerprint density at radius 1 is 1.18 bits per heavy atom. The van der Waals surface area contributed by atoms with Crippen LogP contribution >= 0.6 is 11.8 Å². The lowest BCUT2D eigenvalue weighted by molar-refractivity contribution is -0.142. The number of carbonyl (C=O) groups is 1. The molecule has 0 aliphatic rings. The van der Waals surface area contributed by atoms with Crippen LogP contribution in [0.2, 0.25) is 0 Å². The van der Waals surface area contributed by atoms with Gasteiger partial charge in [-0.1, -0.05) is 30.0 Å². The van der Waals surface area contributed by atoms with Crippen LogP contribution in [0.4, 0.5) is 13.2 Å². The van der Waals surface area contributed by atoms with Gasteiger partial charge in [0.05, 0.1) is 5.75 Å². The van der Waals surface area contributed by atoms with E-state index in [0.29, 0.717) is 5.56 Å². The minimum atomic E-state index is -4.37. The van der Waals surface area contributed by atoms with Gasteiger partial charge in [0.15, 0.2) is 10.9 Å². The predicted octanol–water partition coefficient (Wildman–Crippen LogP) is 4.53. The van der Waals surface area contributed by atoms with Gasteiger partial charge in [0.1, 0.15) is 12.9 Å². The SMILES string of the molecule is Cc1ccccc1-n1c(C)cc(C(=O)CSc2nncn2CC(F)(F)F)c1C. The molecule has 0 bridgehead atoms. The van der Waals surface area contributed by atoms with E-state index in [2.05, 4.69) is 10.2 Å². The maximum absolute atomic E-state index is 12.7. The summed E-state index contributed by atoms with van der Waals surface area (Å²) in [5.74, 6) is -0.186. The first-order valence-corrected chi connectivity index (χ1v) is 9.51. The van der Waals surface area contributed by atoms with E-state index in [4.69, 9.17) is 0 Å². The van der Waals surface area contributed by atoms with Gasteiger partial charge in [-0.25, -0.2) is 0 Å². The number of aryl methyl sites for hydroxylation is 2. The Balaban J connectivity index is 1.79. The van der Waals surface area contributed by atoms with Crippen molar-refractivity contribution in [2.75, 3.05) is 5.75 Å². The summed E-state index contributed by atoms with van der Waals surface area (Å²) >= 11 is 0.951. The van der Waals surface area contributed by atoms with E-state index >= 15 is 0 Å². The van der Waals surface area contributed by atoms with Crippen molar-refractivity contribution >= 4 is 17.5 Å². The van der Waals surface area contributed by atoms with Gasteiger partial charge < -0.3 is 4.57 Å². The molecule has 0 N–H and O–H groups in total. The van der Waals surface area contributed by atoms with Crippen molar-refractivity contribution in [1.29, 1.82) is 0 Å². The Morgan fingerprint density at radius 2 is 1.89 bits per heavy atom. The van der Waals surface area contributed by atoms with Gasteiger partial charge in [0, 0.05) is 22.6 Å². The zero-order valence-corrected chi connectivity index (χ0v) is 16.4. The summed E-state index contributed by atoms with van der Waals surface area (Å²) in [5, 5.41) is 7.28. The van der Waals surface area contributed by atoms with Crippen LogP contribution in [-0.4, -0.2) is 37.0 Å². The van der Waals surface area contributed by atoms with Crippen LogP contribution in [0.1, 0.15) is 27.3 Å². The standard InChI is InChI=1S/C19H19F3N4OS/c1-12-6-4-5-7-16(12)26-13(2)8-15(14(26)3)17(27)9-28-18-24-23-11-25(18)10-19(20,21)22/h4-8,11H,9-10H2,1-3H3. The maximum Gasteiger partial charge on any atom is 0.406 e. The normalized spacial score (nSPS) is 11.8. The van der Waals surface area contributed by atoms with Crippen molar-refractivity contribution in [1.82, 2.24) is 19.3 Å². The number of benzene rings is 1. The molecular formula is C19H19F3N4OS. The molecule has 148 valence electrons. The molecule has 2 heterocycles. The predicted molar refractivity (Wildman–Crippen MR) is 101 cm³/mol. The minimum absolute atomic E-state index is 0.0192. The summed E-state index contributed by atoms with van der Waals surface area (Å²) < 4.78 is 40.7. The second kappa shape index (κ2) is 7.83. The summed E-state index contributed by atoms with van der Waals surface area (Å²) in [7, 11) is 0. The number of rotatable bonds is 6. The fraction of sp³-hybridized carbons (Fsp3) is 0.316. The van der Waals surface area contributed by atoms with Crippen LogP contribution in [0.5, 0.6) is 0 Å². The highest BCUT2D eigenvalue weighted by Gasteiger charge is 2.29. The number of ketones is 1. The average Bonchev–Trinajstić information content (AvgIpc) is 3.16. The molecular weight excluding hydrogens is 389 g/mol. The lowest BCUT2D eigenvalue weighted by Crippen LogP contribution is -2.18. The molecule has 0 amide bonds. The molecule has 0 spiro atoms. The smallest absolute Gasteiger partial charge is 0.318 e. The van der Waals surface area contributed by atoms with Crippen LogP contribution in [0.25, 0.3) is 5.69 Å². The second-order valence-corrected chi connectivity index (χ2v) is 7.42. The summed E-state index contributed by atoms with van der Waals surface area (Å²) in [6.45, 7) is 4.60. The number of aromatic nitrogens is 4. The van der Waals surface area contributed by atoms with E-state index in [-0.39, 0.29) is 16.7 Å². The van der Waals surface area contributed by atoms with Crippen molar-refractivity contribution in [3.05, 3.63) is 59.2 Å². The summed E-state index contributed by atoms with van der Waals surface area (Å²) in [6, 6.07) is 9.68. The van der Waals surface area contributed by atoms with Crippen molar-refractivity contribution in [2.24, 2.45) is 0 Å². The Bertz CT molecular complexity index is 1010. The van der Waals surface area contributed by atoms with Crippen molar-refractivity contribution < 1.29 is 18.0 Å². The number of Topliss-reactive ketones (excluding diaryl/α,β-unsaturated/α-hetero) is 1. The van der Waals surface area contributed by atoms with Crippen LogP contribution in [0.3, 0.4) is 0 Å². The molecule has 3 aromatic rings. The first-order chi connectivity index (χ1) is 13.2. The minimum Gasteiger partial charge on any atom is -0.318 e. The van der Waals surface area contributed by atoms with E-state index < -0.39 is 12.7 Å². The van der Waals surface area contributed by atoms with Gasteiger partial charge in [0.2, 0.25) is 0 Å². The quantitative estimate of drug-likeness (QED) is 0.444. The fourth-order valence-electron chi connectivity index (χ4n) is 3.10. The first kappa shape index (κ1) is 20.2. The molecule has 5 nitrogen and oxygen atoms in total. The Kier molecular flexibility index (Phi) is 5.64. The van der Waals surface area contributed by atoms with Crippen molar-refractivity contribution in [3.8, 4) is 5.69 Å². The van der Waals surface area contributed by atoms with E-state index in [1.165, 1.54) is 0 Å². The summed E-state index contributed by atoms with van der Waals surface area (Å²) in [4.78, 5) is 12.7. The van der Waals surface area contributed by atoms with E-state index in [0.717, 1.165) is 45.3 Å². The van der Waals surface area contributed by atoms with Gasteiger partial charge in [-0.15, -0.1) is 10.2 Å². The molecule has 0 atom stereocenters. The third-order valence-corrected chi connectivity index (χ3v) is 5.33.